The van der Waals surface area contributed by atoms with Crippen molar-refractivity contribution in [2.75, 3.05) is 11.9 Å². The minimum atomic E-state index is 0.191. The van der Waals surface area contributed by atoms with E-state index in [2.05, 4.69) is 43.0 Å². The van der Waals surface area contributed by atoms with Gasteiger partial charge in [-0.1, -0.05) is 27.7 Å². The average molecular weight is 225 g/mol. The van der Waals surface area contributed by atoms with Gasteiger partial charge in [0.05, 0.1) is 0 Å². The first-order valence-corrected chi connectivity index (χ1v) is 6.08. The molecule has 3 nitrogen and oxygen atoms in total. The van der Waals surface area contributed by atoms with E-state index in [0.717, 1.165) is 23.8 Å². The first-order chi connectivity index (χ1) is 7.01. The zero-order valence-corrected chi connectivity index (χ0v) is 10.7. The van der Waals surface area contributed by atoms with Crippen molar-refractivity contribution in [2.24, 2.45) is 0 Å². The molecule has 4 heteroatoms. The van der Waals surface area contributed by atoms with Gasteiger partial charge in [-0.15, -0.1) is 11.8 Å². The second-order valence-corrected chi connectivity index (χ2v) is 6.23. The van der Waals surface area contributed by atoms with Gasteiger partial charge in [0.2, 0.25) is 0 Å². The lowest BCUT2D eigenvalue weighted by molar-refractivity contribution is 0.798. The Balaban J connectivity index is 2.66. The van der Waals surface area contributed by atoms with E-state index in [1.54, 1.807) is 18.1 Å². The van der Waals surface area contributed by atoms with E-state index in [0.29, 0.717) is 0 Å². The number of nitrogens with one attached hydrogen (secondary N) is 1. The predicted octanol–water partition coefficient (Wildman–Crippen LogP) is 3.19. The molecule has 1 rings (SSSR count). The lowest BCUT2D eigenvalue weighted by Crippen LogP contribution is -2.08. The standard InChI is InChI=1S/C11H19N3S/c1-5-6-12-9-7-10(14-8-13-9)15-11(2,3)4/h7-8H,5-6H2,1-4H3,(H,12,13,14). The van der Waals surface area contributed by atoms with Crippen LogP contribution >= 0.6 is 11.8 Å². The number of hydrogen-bond acceptors (Lipinski definition) is 4. The van der Waals surface area contributed by atoms with Crippen LogP contribution in [0.1, 0.15) is 34.1 Å². The molecule has 1 aromatic rings. The fraction of sp³-hybridized carbons (Fsp3) is 0.636. The number of hydrogen-bond donors (Lipinski definition) is 1. The fourth-order valence-corrected chi connectivity index (χ4v) is 1.96. The number of rotatable bonds is 4. The molecule has 0 atom stereocenters. The lowest BCUT2D eigenvalue weighted by Gasteiger charge is -2.16. The van der Waals surface area contributed by atoms with Gasteiger partial charge in [-0.05, 0) is 6.42 Å². The van der Waals surface area contributed by atoms with E-state index in [4.69, 9.17) is 0 Å². The van der Waals surface area contributed by atoms with Crippen LogP contribution in [0.5, 0.6) is 0 Å². The smallest absolute Gasteiger partial charge is 0.130 e. The Morgan fingerprint density at radius 2 is 2.07 bits per heavy atom. The molecule has 0 bridgehead atoms. The van der Waals surface area contributed by atoms with Gasteiger partial charge < -0.3 is 5.32 Å². The lowest BCUT2D eigenvalue weighted by atomic mass is 10.3. The fourth-order valence-electron chi connectivity index (χ4n) is 1.06. The van der Waals surface area contributed by atoms with Crippen molar-refractivity contribution in [1.82, 2.24) is 9.97 Å². The summed E-state index contributed by atoms with van der Waals surface area (Å²) in [5.74, 6) is 0.915. The quantitative estimate of drug-likeness (QED) is 0.631. The summed E-state index contributed by atoms with van der Waals surface area (Å²) in [4.78, 5) is 8.42. The monoisotopic (exact) mass is 225 g/mol. The Labute approximate surface area is 96.1 Å². The van der Waals surface area contributed by atoms with E-state index < -0.39 is 0 Å². The third kappa shape index (κ3) is 5.02. The van der Waals surface area contributed by atoms with Crippen molar-refractivity contribution < 1.29 is 0 Å². The van der Waals surface area contributed by atoms with Crippen LogP contribution in [0.25, 0.3) is 0 Å². The summed E-state index contributed by atoms with van der Waals surface area (Å²) in [5, 5.41) is 4.28. The largest absolute Gasteiger partial charge is 0.370 e. The summed E-state index contributed by atoms with van der Waals surface area (Å²) >= 11 is 1.76. The van der Waals surface area contributed by atoms with Crippen LogP contribution in [0.2, 0.25) is 0 Å². The van der Waals surface area contributed by atoms with Crippen molar-refractivity contribution in [2.45, 2.75) is 43.9 Å². The number of anilines is 1. The second kappa shape index (κ2) is 5.35. The third-order valence-corrected chi connectivity index (χ3v) is 2.65. The molecule has 0 fully saturated rings. The van der Waals surface area contributed by atoms with Gasteiger partial charge >= 0.3 is 0 Å². The highest BCUT2D eigenvalue weighted by molar-refractivity contribution is 8.00. The first kappa shape index (κ1) is 12.3. The van der Waals surface area contributed by atoms with Gasteiger partial charge in [-0.2, -0.15) is 0 Å². The van der Waals surface area contributed by atoms with Crippen LogP contribution in [0, 0.1) is 0 Å². The molecular weight excluding hydrogens is 206 g/mol. The van der Waals surface area contributed by atoms with E-state index in [-0.39, 0.29) is 4.75 Å². The zero-order valence-electron chi connectivity index (χ0n) is 9.87. The Morgan fingerprint density at radius 1 is 1.33 bits per heavy atom. The van der Waals surface area contributed by atoms with Crippen molar-refractivity contribution >= 4 is 17.6 Å². The number of nitrogens with zero attached hydrogens (tertiary/aromatic N) is 2. The predicted molar refractivity (Wildman–Crippen MR) is 66.4 cm³/mol. The summed E-state index contributed by atoms with van der Waals surface area (Å²) in [7, 11) is 0. The van der Waals surface area contributed by atoms with Crippen molar-refractivity contribution in [3.8, 4) is 0 Å². The van der Waals surface area contributed by atoms with Crippen LogP contribution in [-0.4, -0.2) is 21.3 Å². The Kier molecular flexibility index (Phi) is 4.39. The van der Waals surface area contributed by atoms with E-state index in [1.165, 1.54) is 0 Å². The minimum Gasteiger partial charge on any atom is -0.370 e. The molecule has 0 aliphatic heterocycles. The van der Waals surface area contributed by atoms with Gasteiger partial charge in [0, 0.05) is 17.4 Å². The van der Waals surface area contributed by atoms with Crippen molar-refractivity contribution in [1.29, 1.82) is 0 Å². The van der Waals surface area contributed by atoms with E-state index in [9.17, 15) is 0 Å². The van der Waals surface area contributed by atoms with Gasteiger partial charge in [0.25, 0.3) is 0 Å². The molecule has 0 aliphatic rings. The molecule has 0 amide bonds. The number of aromatic nitrogens is 2. The van der Waals surface area contributed by atoms with Crippen LogP contribution in [0.3, 0.4) is 0 Å². The summed E-state index contributed by atoms with van der Waals surface area (Å²) in [6.07, 6.45) is 2.72. The maximum absolute atomic E-state index is 4.24. The highest BCUT2D eigenvalue weighted by Crippen LogP contribution is 2.30. The molecule has 0 radical (unpaired) electrons. The molecule has 84 valence electrons. The summed E-state index contributed by atoms with van der Waals surface area (Å²) in [5.41, 5.74) is 0. The van der Waals surface area contributed by atoms with E-state index in [1.807, 2.05) is 6.07 Å². The van der Waals surface area contributed by atoms with Crippen LogP contribution in [0.15, 0.2) is 17.4 Å². The third-order valence-electron chi connectivity index (χ3n) is 1.61. The Morgan fingerprint density at radius 3 is 2.67 bits per heavy atom. The van der Waals surface area contributed by atoms with Crippen LogP contribution in [-0.2, 0) is 0 Å². The van der Waals surface area contributed by atoms with Gasteiger partial charge in [0.15, 0.2) is 0 Å². The normalized spacial score (nSPS) is 11.5. The molecule has 1 heterocycles. The van der Waals surface area contributed by atoms with Crippen LogP contribution in [0.4, 0.5) is 5.82 Å². The molecule has 0 spiro atoms. The second-order valence-electron chi connectivity index (χ2n) is 4.38. The Hall–Kier alpha value is -0.770. The molecule has 0 aliphatic carbocycles. The average Bonchev–Trinajstić information content (AvgIpc) is 2.12. The summed E-state index contributed by atoms with van der Waals surface area (Å²) in [6.45, 7) is 9.63. The molecule has 15 heavy (non-hydrogen) atoms. The van der Waals surface area contributed by atoms with Gasteiger partial charge in [-0.25, -0.2) is 9.97 Å². The molecular formula is C11H19N3S. The summed E-state index contributed by atoms with van der Waals surface area (Å²) < 4.78 is 0.191. The van der Waals surface area contributed by atoms with Gasteiger partial charge in [-0.3, -0.25) is 0 Å². The SMILES string of the molecule is CCCNc1cc(SC(C)(C)C)ncn1. The topological polar surface area (TPSA) is 37.8 Å². The maximum atomic E-state index is 4.24. The Bertz CT molecular complexity index is 307. The highest BCUT2D eigenvalue weighted by atomic mass is 32.2. The molecule has 1 aromatic heterocycles. The van der Waals surface area contributed by atoms with Gasteiger partial charge in [0.1, 0.15) is 17.2 Å². The molecule has 0 aromatic carbocycles. The van der Waals surface area contributed by atoms with Crippen molar-refractivity contribution in [3.63, 3.8) is 0 Å². The van der Waals surface area contributed by atoms with Crippen LogP contribution < -0.4 is 5.32 Å². The maximum Gasteiger partial charge on any atom is 0.130 e. The summed E-state index contributed by atoms with van der Waals surface area (Å²) in [6, 6.07) is 2.01. The molecule has 0 unspecified atom stereocenters. The first-order valence-electron chi connectivity index (χ1n) is 5.26. The molecule has 0 saturated carbocycles. The minimum absolute atomic E-state index is 0.191. The number of thioether (sulfide) groups is 1. The highest BCUT2D eigenvalue weighted by Gasteiger charge is 2.13. The molecule has 0 saturated heterocycles. The molecule has 1 N–H and O–H groups in total. The van der Waals surface area contributed by atoms with E-state index >= 15 is 0 Å². The van der Waals surface area contributed by atoms with Crippen molar-refractivity contribution in [3.05, 3.63) is 12.4 Å². The zero-order chi connectivity index (χ0) is 11.3.